The highest BCUT2D eigenvalue weighted by molar-refractivity contribution is 7.99. The van der Waals surface area contributed by atoms with E-state index in [4.69, 9.17) is 5.73 Å². The molecule has 112 valence electrons. The highest BCUT2D eigenvalue weighted by Crippen LogP contribution is 2.43. The molecule has 1 aromatic rings. The highest BCUT2D eigenvalue weighted by Gasteiger charge is 2.22. The van der Waals surface area contributed by atoms with Gasteiger partial charge in [-0.15, -0.1) is 29.7 Å². The maximum atomic E-state index is 12.1. The number of anilines is 2. The second kappa shape index (κ2) is 8.21. The zero-order valence-electron chi connectivity index (χ0n) is 12.4. The Morgan fingerprint density at radius 3 is 2.75 bits per heavy atom. The minimum atomic E-state index is -0.124. The minimum Gasteiger partial charge on any atom is -0.396 e. The predicted octanol–water partition coefficient (Wildman–Crippen LogP) is 3.20. The zero-order chi connectivity index (χ0) is 15.1. The molecule has 0 radical (unpaired) electrons. The Balaban J connectivity index is 3.13. The van der Waals surface area contributed by atoms with Crippen LogP contribution in [0.25, 0.3) is 0 Å². The van der Waals surface area contributed by atoms with E-state index in [0.717, 1.165) is 29.4 Å². The Morgan fingerprint density at radius 1 is 1.55 bits per heavy atom. The summed E-state index contributed by atoms with van der Waals surface area (Å²) in [4.78, 5) is 16.0. The van der Waals surface area contributed by atoms with Gasteiger partial charge in [-0.1, -0.05) is 13.0 Å². The zero-order valence-corrected chi connectivity index (χ0v) is 14.0. The summed E-state index contributed by atoms with van der Waals surface area (Å²) in [7, 11) is 0. The number of thioether (sulfide) groups is 1. The van der Waals surface area contributed by atoms with E-state index in [2.05, 4.69) is 30.6 Å². The van der Waals surface area contributed by atoms with Crippen LogP contribution in [0.3, 0.4) is 0 Å². The average molecular weight is 313 g/mol. The molecule has 0 aromatic carbocycles. The quantitative estimate of drug-likeness (QED) is 0.571. The first-order valence-corrected chi connectivity index (χ1v) is 8.74. The molecule has 0 aliphatic heterocycles. The van der Waals surface area contributed by atoms with Gasteiger partial charge in [0.15, 0.2) is 0 Å². The third-order valence-corrected chi connectivity index (χ3v) is 5.08. The monoisotopic (exact) mass is 313 g/mol. The van der Waals surface area contributed by atoms with E-state index in [1.807, 2.05) is 6.26 Å². The lowest BCUT2D eigenvalue weighted by Crippen LogP contribution is -2.23. The van der Waals surface area contributed by atoms with Gasteiger partial charge in [-0.2, -0.15) is 0 Å². The van der Waals surface area contributed by atoms with Gasteiger partial charge in [0.25, 0.3) is 5.91 Å². The van der Waals surface area contributed by atoms with Crippen molar-refractivity contribution in [3.05, 3.63) is 17.5 Å². The number of nitrogen functional groups attached to an aromatic ring is 1. The van der Waals surface area contributed by atoms with Crippen LogP contribution in [0.4, 0.5) is 10.7 Å². The molecule has 0 saturated heterocycles. The lowest BCUT2D eigenvalue weighted by Gasteiger charge is -2.21. The maximum absolute atomic E-state index is 12.1. The molecule has 0 aliphatic carbocycles. The second-order valence-corrected chi connectivity index (χ2v) is 6.08. The normalized spacial score (nSPS) is 10.3. The van der Waals surface area contributed by atoms with Crippen molar-refractivity contribution in [1.82, 2.24) is 5.32 Å². The topological polar surface area (TPSA) is 58.4 Å². The molecule has 1 heterocycles. The van der Waals surface area contributed by atoms with E-state index >= 15 is 0 Å². The van der Waals surface area contributed by atoms with Crippen LogP contribution in [0.2, 0.25) is 0 Å². The van der Waals surface area contributed by atoms with Crippen LogP contribution in [0.15, 0.2) is 17.6 Å². The first-order chi connectivity index (χ1) is 9.60. The number of carbonyl (C=O) groups is 1. The molecular formula is C14H23N3OS2. The molecule has 0 saturated carbocycles. The molecule has 0 atom stereocenters. The molecule has 1 rings (SSSR count). The van der Waals surface area contributed by atoms with Crippen molar-refractivity contribution in [1.29, 1.82) is 0 Å². The van der Waals surface area contributed by atoms with Gasteiger partial charge in [-0.25, -0.2) is 0 Å². The van der Waals surface area contributed by atoms with Gasteiger partial charge in [0.2, 0.25) is 0 Å². The molecular weight excluding hydrogens is 290 g/mol. The average Bonchev–Trinajstić information content (AvgIpc) is 2.78. The Hall–Kier alpha value is -1.14. The summed E-state index contributed by atoms with van der Waals surface area (Å²) >= 11 is 3.07. The Kier molecular flexibility index (Phi) is 6.95. The molecule has 1 amide bonds. The standard InChI is InChI=1S/C14H23N3OS2/c1-5-8-16-13(18)11-10(15)12(19-4)14(20-11)17(7-3)9-6-2/h5H,1,6-9,15H2,2-4H3,(H,16,18). The number of amides is 1. The van der Waals surface area contributed by atoms with Crippen LogP contribution in [0.1, 0.15) is 29.9 Å². The fraction of sp³-hybridized carbons (Fsp3) is 0.500. The third kappa shape index (κ3) is 3.70. The van der Waals surface area contributed by atoms with Gasteiger partial charge < -0.3 is 16.0 Å². The van der Waals surface area contributed by atoms with Crippen molar-refractivity contribution >= 4 is 39.7 Å². The van der Waals surface area contributed by atoms with Crippen molar-refractivity contribution in [2.75, 3.05) is 36.5 Å². The summed E-state index contributed by atoms with van der Waals surface area (Å²) in [5.41, 5.74) is 6.74. The van der Waals surface area contributed by atoms with Gasteiger partial charge in [0.05, 0.1) is 10.6 Å². The van der Waals surface area contributed by atoms with Crippen molar-refractivity contribution in [3.63, 3.8) is 0 Å². The first kappa shape index (κ1) is 16.9. The van der Waals surface area contributed by atoms with Gasteiger partial charge in [-0.3, -0.25) is 4.79 Å². The lowest BCUT2D eigenvalue weighted by molar-refractivity contribution is 0.0963. The fourth-order valence-corrected chi connectivity index (χ4v) is 4.10. The maximum Gasteiger partial charge on any atom is 0.263 e. The number of hydrogen-bond acceptors (Lipinski definition) is 5. The molecule has 1 aromatic heterocycles. The fourth-order valence-electron chi connectivity index (χ4n) is 1.91. The first-order valence-electron chi connectivity index (χ1n) is 6.70. The number of rotatable bonds is 8. The van der Waals surface area contributed by atoms with Crippen molar-refractivity contribution in [3.8, 4) is 0 Å². The van der Waals surface area contributed by atoms with Crippen LogP contribution >= 0.6 is 23.1 Å². The molecule has 0 fully saturated rings. The minimum absolute atomic E-state index is 0.124. The predicted molar refractivity (Wildman–Crippen MR) is 91.2 cm³/mol. The smallest absolute Gasteiger partial charge is 0.263 e. The van der Waals surface area contributed by atoms with E-state index in [9.17, 15) is 4.79 Å². The van der Waals surface area contributed by atoms with Crippen LogP contribution in [-0.4, -0.2) is 31.8 Å². The summed E-state index contributed by atoms with van der Waals surface area (Å²) in [5.74, 6) is -0.124. The van der Waals surface area contributed by atoms with Gasteiger partial charge >= 0.3 is 0 Å². The number of nitrogens with two attached hydrogens (primary N) is 1. The lowest BCUT2D eigenvalue weighted by atomic mass is 10.3. The number of carbonyl (C=O) groups excluding carboxylic acids is 1. The molecule has 0 unspecified atom stereocenters. The number of nitrogens with one attached hydrogen (secondary N) is 1. The number of nitrogens with zero attached hydrogens (tertiary/aromatic N) is 1. The number of hydrogen-bond donors (Lipinski definition) is 2. The Labute approximate surface area is 129 Å². The van der Waals surface area contributed by atoms with E-state index in [1.165, 1.54) is 11.3 Å². The Bertz CT molecular complexity index is 471. The van der Waals surface area contributed by atoms with Crippen molar-refractivity contribution in [2.24, 2.45) is 0 Å². The van der Waals surface area contributed by atoms with Crippen molar-refractivity contribution in [2.45, 2.75) is 25.2 Å². The van der Waals surface area contributed by atoms with Crippen LogP contribution in [0, 0.1) is 0 Å². The number of thiophene rings is 1. The molecule has 0 aliphatic rings. The second-order valence-electron chi connectivity index (χ2n) is 4.26. The molecule has 0 bridgehead atoms. The SMILES string of the molecule is C=CCNC(=O)c1sc(N(CC)CCC)c(SC)c1N. The summed E-state index contributed by atoms with van der Waals surface area (Å²) < 4.78 is 0. The summed E-state index contributed by atoms with van der Waals surface area (Å²) in [6, 6.07) is 0. The Morgan fingerprint density at radius 2 is 2.25 bits per heavy atom. The summed E-state index contributed by atoms with van der Waals surface area (Å²) in [6.45, 7) is 10.2. The molecule has 4 nitrogen and oxygen atoms in total. The van der Waals surface area contributed by atoms with Gasteiger partial charge in [0.1, 0.15) is 9.88 Å². The largest absolute Gasteiger partial charge is 0.396 e. The van der Waals surface area contributed by atoms with E-state index in [0.29, 0.717) is 17.1 Å². The molecule has 6 heteroatoms. The molecule has 3 N–H and O–H groups in total. The van der Waals surface area contributed by atoms with E-state index in [1.54, 1.807) is 17.8 Å². The van der Waals surface area contributed by atoms with Crippen molar-refractivity contribution < 1.29 is 4.79 Å². The van der Waals surface area contributed by atoms with E-state index < -0.39 is 0 Å². The molecule has 0 spiro atoms. The van der Waals surface area contributed by atoms with E-state index in [-0.39, 0.29) is 5.91 Å². The third-order valence-electron chi connectivity index (χ3n) is 2.86. The van der Waals surface area contributed by atoms with Crippen LogP contribution in [0.5, 0.6) is 0 Å². The highest BCUT2D eigenvalue weighted by atomic mass is 32.2. The summed E-state index contributed by atoms with van der Waals surface area (Å²) in [5, 5.41) is 3.89. The van der Waals surface area contributed by atoms with Crippen LogP contribution < -0.4 is 16.0 Å². The molecule has 20 heavy (non-hydrogen) atoms. The summed E-state index contributed by atoms with van der Waals surface area (Å²) in [6.07, 6.45) is 4.72. The van der Waals surface area contributed by atoms with Gasteiger partial charge in [-0.05, 0) is 19.6 Å². The van der Waals surface area contributed by atoms with Crippen LogP contribution in [-0.2, 0) is 0 Å². The van der Waals surface area contributed by atoms with Gasteiger partial charge in [0, 0.05) is 19.6 Å².